The van der Waals surface area contributed by atoms with Gasteiger partial charge in [-0.15, -0.1) is 0 Å². The molecule has 0 spiro atoms. The fourth-order valence-corrected chi connectivity index (χ4v) is 4.14. The smallest absolute Gasteiger partial charge is 0.267 e. The molecule has 0 atom stereocenters. The van der Waals surface area contributed by atoms with Gasteiger partial charge in [0.1, 0.15) is 4.32 Å². The molecule has 2 aromatic carbocycles. The van der Waals surface area contributed by atoms with Crippen LogP contribution in [-0.2, 0) is 4.79 Å². The van der Waals surface area contributed by atoms with Gasteiger partial charge in [-0.2, -0.15) is 0 Å². The van der Waals surface area contributed by atoms with E-state index >= 15 is 0 Å². The van der Waals surface area contributed by atoms with Crippen molar-refractivity contribution < 1.29 is 4.79 Å². The summed E-state index contributed by atoms with van der Waals surface area (Å²) in [6, 6.07) is 10.8. The van der Waals surface area contributed by atoms with Crippen LogP contribution in [0.4, 0.5) is 5.69 Å². The highest BCUT2D eigenvalue weighted by molar-refractivity contribution is 8.26. The fourth-order valence-electron chi connectivity index (χ4n) is 2.36. The third kappa shape index (κ3) is 4.18. The first-order valence-electron chi connectivity index (χ1n) is 7.56. The Morgan fingerprint density at radius 3 is 2.77 bits per heavy atom. The summed E-state index contributed by atoms with van der Waals surface area (Å²) in [4.78, 5) is 14.7. The van der Waals surface area contributed by atoms with E-state index in [2.05, 4.69) is 5.32 Å². The molecule has 1 heterocycles. The summed E-state index contributed by atoms with van der Waals surface area (Å²) in [6.45, 7) is 2.22. The van der Waals surface area contributed by atoms with Crippen molar-refractivity contribution in [3.8, 4) is 0 Å². The van der Waals surface area contributed by atoms with Crippen LogP contribution in [-0.4, -0.2) is 21.8 Å². The maximum absolute atomic E-state index is 12.7. The van der Waals surface area contributed by atoms with Crippen molar-refractivity contribution in [2.45, 2.75) is 6.92 Å². The van der Waals surface area contributed by atoms with E-state index < -0.39 is 0 Å². The Labute approximate surface area is 176 Å². The molecule has 0 saturated carbocycles. The minimum Gasteiger partial charge on any atom is -0.367 e. The molecule has 0 aromatic heterocycles. The third-order valence-electron chi connectivity index (χ3n) is 3.77. The van der Waals surface area contributed by atoms with E-state index in [-0.39, 0.29) is 12.6 Å². The molecule has 1 N–H and O–H groups in total. The van der Waals surface area contributed by atoms with Crippen molar-refractivity contribution in [1.82, 2.24) is 4.90 Å². The van der Waals surface area contributed by atoms with Gasteiger partial charge in [-0.25, -0.2) is 0 Å². The molecular formula is C18H13Cl3N2OS2. The lowest BCUT2D eigenvalue weighted by Gasteiger charge is -2.17. The molecule has 2 aromatic rings. The number of carbonyl (C=O) groups excluding carboxylic acids is 1. The molecular weight excluding hydrogens is 431 g/mol. The Bertz CT molecular complexity index is 931. The SMILES string of the molecule is Cc1ccc(Cl)cc1NCN1C(=O)C(=Cc2cccc(Cl)c2Cl)SC1=S. The first kappa shape index (κ1) is 19.5. The number of halogens is 3. The monoisotopic (exact) mass is 442 g/mol. The summed E-state index contributed by atoms with van der Waals surface area (Å²) in [7, 11) is 0. The van der Waals surface area contributed by atoms with Crippen LogP contribution in [0, 0.1) is 6.92 Å². The van der Waals surface area contributed by atoms with E-state index in [1.807, 2.05) is 25.1 Å². The number of thioether (sulfide) groups is 1. The first-order chi connectivity index (χ1) is 12.4. The number of anilines is 1. The molecule has 1 amide bonds. The number of nitrogens with one attached hydrogen (secondary N) is 1. The van der Waals surface area contributed by atoms with Crippen LogP contribution in [0.25, 0.3) is 6.08 Å². The average molecular weight is 444 g/mol. The van der Waals surface area contributed by atoms with Crippen molar-refractivity contribution in [2.24, 2.45) is 0 Å². The number of aryl methyl sites for hydroxylation is 1. The largest absolute Gasteiger partial charge is 0.367 e. The van der Waals surface area contributed by atoms with Crippen LogP contribution in [0.5, 0.6) is 0 Å². The van der Waals surface area contributed by atoms with E-state index in [0.717, 1.165) is 11.3 Å². The molecule has 0 radical (unpaired) electrons. The second kappa shape index (κ2) is 8.19. The quantitative estimate of drug-likeness (QED) is 0.449. The van der Waals surface area contributed by atoms with Crippen LogP contribution in [0.15, 0.2) is 41.3 Å². The lowest BCUT2D eigenvalue weighted by atomic mass is 10.2. The van der Waals surface area contributed by atoms with Crippen molar-refractivity contribution in [1.29, 1.82) is 0 Å². The van der Waals surface area contributed by atoms with Gasteiger partial charge in [0.15, 0.2) is 0 Å². The highest BCUT2D eigenvalue weighted by atomic mass is 35.5. The number of hydrogen-bond donors (Lipinski definition) is 1. The number of thiocarbonyl (C=S) groups is 1. The first-order valence-corrected chi connectivity index (χ1v) is 9.92. The second-order valence-electron chi connectivity index (χ2n) is 5.55. The summed E-state index contributed by atoms with van der Waals surface area (Å²) >= 11 is 24.8. The lowest BCUT2D eigenvalue weighted by molar-refractivity contribution is -0.121. The van der Waals surface area contributed by atoms with E-state index in [4.69, 9.17) is 47.0 Å². The minimum absolute atomic E-state index is 0.178. The molecule has 3 rings (SSSR count). The Hall–Kier alpha value is -1.24. The predicted octanol–water partition coefficient (Wildman–Crippen LogP) is 6.23. The van der Waals surface area contributed by atoms with E-state index in [1.165, 1.54) is 16.7 Å². The molecule has 3 nitrogen and oxygen atoms in total. The maximum atomic E-state index is 12.7. The van der Waals surface area contributed by atoms with Crippen molar-refractivity contribution in [3.63, 3.8) is 0 Å². The zero-order valence-electron chi connectivity index (χ0n) is 13.6. The second-order valence-corrected chi connectivity index (χ2v) is 8.44. The fraction of sp³-hybridized carbons (Fsp3) is 0.111. The van der Waals surface area contributed by atoms with Crippen molar-refractivity contribution in [2.75, 3.05) is 12.0 Å². The topological polar surface area (TPSA) is 32.3 Å². The zero-order valence-corrected chi connectivity index (χ0v) is 17.5. The van der Waals surface area contributed by atoms with Crippen LogP contribution in [0.2, 0.25) is 15.1 Å². The Balaban J connectivity index is 1.78. The van der Waals surface area contributed by atoms with Gasteiger partial charge in [-0.3, -0.25) is 9.69 Å². The third-order valence-corrected chi connectivity index (χ3v) is 6.22. The molecule has 0 aliphatic carbocycles. The van der Waals surface area contributed by atoms with Gasteiger partial charge in [0.2, 0.25) is 0 Å². The maximum Gasteiger partial charge on any atom is 0.267 e. The predicted molar refractivity (Wildman–Crippen MR) is 116 cm³/mol. The van der Waals surface area contributed by atoms with Gasteiger partial charge in [0.25, 0.3) is 5.91 Å². The summed E-state index contributed by atoms with van der Waals surface area (Å²) in [5, 5.41) is 4.68. The van der Waals surface area contributed by atoms with Gasteiger partial charge >= 0.3 is 0 Å². The highest BCUT2D eigenvalue weighted by Gasteiger charge is 2.32. The molecule has 134 valence electrons. The van der Waals surface area contributed by atoms with Crippen LogP contribution < -0.4 is 5.32 Å². The number of nitrogens with zero attached hydrogens (tertiary/aromatic N) is 1. The van der Waals surface area contributed by atoms with Crippen LogP contribution >= 0.6 is 58.8 Å². The minimum atomic E-state index is -0.178. The zero-order chi connectivity index (χ0) is 18.8. The Morgan fingerprint density at radius 2 is 2.00 bits per heavy atom. The summed E-state index contributed by atoms with van der Waals surface area (Å²) in [5.74, 6) is -0.178. The Morgan fingerprint density at radius 1 is 1.23 bits per heavy atom. The molecule has 1 saturated heterocycles. The van der Waals surface area contributed by atoms with Crippen LogP contribution in [0.3, 0.4) is 0 Å². The summed E-state index contributed by atoms with van der Waals surface area (Å²) in [6.07, 6.45) is 1.71. The number of amides is 1. The van der Waals surface area contributed by atoms with Crippen molar-refractivity contribution >= 4 is 80.8 Å². The summed E-state index contributed by atoms with van der Waals surface area (Å²) in [5.41, 5.74) is 2.56. The standard InChI is InChI=1S/C18H13Cl3N2OS2/c1-10-5-6-12(19)8-14(10)22-9-23-17(24)15(26-18(23)25)7-11-3-2-4-13(20)16(11)21/h2-8,22H,9H2,1H3. The molecule has 26 heavy (non-hydrogen) atoms. The number of hydrogen-bond acceptors (Lipinski definition) is 4. The van der Waals surface area contributed by atoms with Gasteiger partial charge in [0, 0.05) is 10.7 Å². The van der Waals surface area contributed by atoms with Gasteiger partial charge < -0.3 is 5.32 Å². The van der Waals surface area contributed by atoms with Gasteiger partial charge in [-0.05, 0) is 42.3 Å². The number of carbonyl (C=O) groups is 1. The lowest BCUT2D eigenvalue weighted by Crippen LogP contribution is -2.33. The summed E-state index contributed by atoms with van der Waals surface area (Å²) < 4.78 is 0.478. The molecule has 1 aliphatic rings. The van der Waals surface area contributed by atoms with Gasteiger partial charge in [0.05, 0.1) is 21.6 Å². The Kier molecular flexibility index (Phi) is 6.15. The number of rotatable bonds is 4. The van der Waals surface area contributed by atoms with E-state index in [0.29, 0.717) is 29.9 Å². The van der Waals surface area contributed by atoms with Gasteiger partial charge in [-0.1, -0.05) is 77.0 Å². The average Bonchev–Trinajstić information content (AvgIpc) is 2.86. The van der Waals surface area contributed by atoms with E-state index in [1.54, 1.807) is 24.3 Å². The number of benzene rings is 2. The highest BCUT2D eigenvalue weighted by Crippen LogP contribution is 2.35. The molecule has 1 aliphatic heterocycles. The van der Waals surface area contributed by atoms with E-state index in [9.17, 15) is 4.79 Å². The molecule has 0 bridgehead atoms. The normalized spacial score (nSPS) is 15.8. The van der Waals surface area contributed by atoms with Crippen molar-refractivity contribution in [3.05, 3.63) is 67.5 Å². The molecule has 0 unspecified atom stereocenters. The molecule has 1 fully saturated rings. The molecule has 8 heteroatoms. The van der Waals surface area contributed by atoms with Crippen LogP contribution in [0.1, 0.15) is 11.1 Å².